The Hall–Kier alpha value is -1.46. The summed E-state index contributed by atoms with van der Waals surface area (Å²) < 4.78 is 26.1. The molecule has 6 rings (SSSR count). The molecule has 2 atom stereocenters. The van der Waals surface area contributed by atoms with Crippen molar-refractivity contribution in [2.75, 3.05) is 20.3 Å². The first-order chi connectivity index (χ1) is 15.4. The van der Waals surface area contributed by atoms with Crippen molar-refractivity contribution in [3.63, 3.8) is 0 Å². The summed E-state index contributed by atoms with van der Waals surface area (Å²) in [7, 11) is 1.46. The van der Waals surface area contributed by atoms with Crippen LogP contribution >= 0.6 is 11.6 Å². The average molecular weight is 463 g/mol. The van der Waals surface area contributed by atoms with E-state index in [1.807, 2.05) is 0 Å². The molecule has 0 aliphatic heterocycles. The lowest BCUT2D eigenvalue weighted by molar-refractivity contribution is -0.127. The number of hydrogen-bond acceptors (Lipinski definition) is 4. The second-order valence-corrected chi connectivity index (χ2v) is 11.3. The highest BCUT2D eigenvalue weighted by atomic mass is 35.5. The molecule has 0 unspecified atom stereocenters. The van der Waals surface area contributed by atoms with Gasteiger partial charge in [0.2, 0.25) is 0 Å². The molecule has 5 fully saturated rings. The van der Waals surface area contributed by atoms with Crippen LogP contribution in [0.3, 0.4) is 0 Å². The van der Waals surface area contributed by atoms with Crippen LogP contribution in [0.4, 0.5) is 4.39 Å². The van der Waals surface area contributed by atoms with Gasteiger partial charge in [0.25, 0.3) is 0 Å². The maximum Gasteiger partial charge on any atom is 0.169 e. The molecule has 0 aromatic heterocycles. The van der Waals surface area contributed by atoms with Crippen molar-refractivity contribution in [1.82, 2.24) is 0 Å². The van der Waals surface area contributed by atoms with E-state index in [1.54, 1.807) is 0 Å². The van der Waals surface area contributed by atoms with E-state index in [9.17, 15) is 9.59 Å². The third kappa shape index (κ3) is 4.11. The molecule has 6 heteroatoms. The van der Waals surface area contributed by atoms with Crippen LogP contribution in [0.5, 0.6) is 5.75 Å². The Morgan fingerprint density at radius 3 is 2.31 bits per heavy atom. The first-order valence-electron chi connectivity index (χ1n) is 12.0. The van der Waals surface area contributed by atoms with Gasteiger partial charge in [0.05, 0.1) is 17.2 Å². The number of Topliss-reactive ketones (excluding diaryl/α,β-unsaturated/α-hetero) is 2. The standard InChI is InChI=1S/C26H32ClFO4/c1-31-13-23(29)18-3-2-4-19(18)25(30)20-8-21(27)24(9-22(20)28)32-14-26-10-15-5-16(11-26)7-17(6-15)12-26/h8-9,15-19H,2-7,10-14H2,1H3/t15?,16?,17?,18-,19+,26?/m1/s1. The summed E-state index contributed by atoms with van der Waals surface area (Å²) in [5, 5.41) is 0.261. The number of hydrogen-bond donors (Lipinski definition) is 0. The molecule has 4 nitrogen and oxygen atoms in total. The number of rotatable bonds is 8. The summed E-state index contributed by atoms with van der Waals surface area (Å²) in [5.41, 5.74) is 0.154. The van der Waals surface area contributed by atoms with Crippen molar-refractivity contribution in [3.05, 3.63) is 28.5 Å². The number of ether oxygens (including phenoxy) is 2. The van der Waals surface area contributed by atoms with Gasteiger partial charge in [-0.15, -0.1) is 0 Å². The SMILES string of the molecule is COCC(=O)[C@@H]1CCC[C@@H]1C(=O)c1cc(Cl)c(OCC23CC4CC(CC(C4)C2)C3)cc1F. The van der Waals surface area contributed by atoms with Crippen molar-refractivity contribution in [2.24, 2.45) is 35.0 Å². The summed E-state index contributed by atoms with van der Waals surface area (Å²) in [6, 6.07) is 2.65. The van der Waals surface area contributed by atoms with Gasteiger partial charge in [0.1, 0.15) is 18.2 Å². The molecule has 0 N–H and O–H groups in total. The molecule has 0 radical (unpaired) electrons. The minimum Gasteiger partial charge on any atom is -0.491 e. The molecular weight excluding hydrogens is 431 g/mol. The predicted octanol–water partition coefficient (Wildman–Crippen LogP) is 5.89. The van der Waals surface area contributed by atoms with Gasteiger partial charge in [0, 0.05) is 30.4 Å². The van der Waals surface area contributed by atoms with Gasteiger partial charge in [-0.1, -0.05) is 18.0 Å². The molecule has 174 valence electrons. The number of benzene rings is 1. The van der Waals surface area contributed by atoms with Crippen LogP contribution in [-0.4, -0.2) is 31.9 Å². The van der Waals surface area contributed by atoms with Crippen molar-refractivity contribution in [2.45, 2.75) is 57.8 Å². The number of halogens is 2. The predicted molar refractivity (Wildman–Crippen MR) is 120 cm³/mol. The maximum atomic E-state index is 15.0. The van der Waals surface area contributed by atoms with Crippen LogP contribution in [0.15, 0.2) is 12.1 Å². The van der Waals surface area contributed by atoms with Gasteiger partial charge in [-0.05, 0) is 75.2 Å². The minimum absolute atomic E-state index is 0.0191. The van der Waals surface area contributed by atoms with E-state index in [1.165, 1.54) is 57.8 Å². The van der Waals surface area contributed by atoms with Crippen LogP contribution in [0, 0.1) is 40.8 Å². The van der Waals surface area contributed by atoms with Crippen molar-refractivity contribution < 1.29 is 23.5 Å². The summed E-state index contributed by atoms with van der Waals surface area (Å²) in [5.74, 6) is 0.787. The van der Waals surface area contributed by atoms with E-state index in [-0.39, 0.29) is 34.2 Å². The highest BCUT2D eigenvalue weighted by Gasteiger charge is 2.51. The summed E-state index contributed by atoms with van der Waals surface area (Å²) >= 11 is 6.46. The smallest absolute Gasteiger partial charge is 0.169 e. The molecule has 0 spiro atoms. The second-order valence-electron chi connectivity index (χ2n) is 10.9. The van der Waals surface area contributed by atoms with Gasteiger partial charge >= 0.3 is 0 Å². The van der Waals surface area contributed by atoms with Crippen LogP contribution in [0.2, 0.25) is 5.02 Å². The lowest BCUT2D eigenvalue weighted by Gasteiger charge is -2.56. The van der Waals surface area contributed by atoms with E-state index >= 15 is 4.39 Å². The Balaban J connectivity index is 1.29. The molecule has 1 aromatic carbocycles. The fraction of sp³-hybridized carbons (Fsp3) is 0.692. The van der Waals surface area contributed by atoms with E-state index < -0.39 is 17.7 Å². The highest BCUT2D eigenvalue weighted by Crippen LogP contribution is 2.60. The van der Waals surface area contributed by atoms with Gasteiger partial charge in [-0.3, -0.25) is 9.59 Å². The maximum absolute atomic E-state index is 15.0. The molecule has 0 saturated heterocycles. The van der Waals surface area contributed by atoms with Crippen LogP contribution in [0.1, 0.15) is 68.1 Å². The van der Waals surface area contributed by atoms with E-state index in [0.717, 1.165) is 24.2 Å². The lowest BCUT2D eigenvalue weighted by Crippen LogP contribution is -2.48. The highest BCUT2D eigenvalue weighted by molar-refractivity contribution is 6.32. The molecule has 0 amide bonds. The normalized spacial score (nSPS) is 35.3. The van der Waals surface area contributed by atoms with Gasteiger partial charge in [0.15, 0.2) is 11.6 Å². The fourth-order valence-corrected chi connectivity index (χ4v) is 7.85. The Labute approximate surface area is 194 Å². The molecule has 5 aliphatic rings. The monoisotopic (exact) mass is 462 g/mol. The van der Waals surface area contributed by atoms with E-state index in [4.69, 9.17) is 21.1 Å². The molecule has 1 aromatic rings. The average Bonchev–Trinajstić information content (AvgIpc) is 3.23. The zero-order valence-corrected chi connectivity index (χ0v) is 19.5. The van der Waals surface area contributed by atoms with Crippen molar-refractivity contribution >= 4 is 23.2 Å². The molecule has 0 heterocycles. The third-order valence-corrected chi connectivity index (χ3v) is 8.83. The third-order valence-electron chi connectivity index (χ3n) is 8.54. The van der Waals surface area contributed by atoms with Crippen molar-refractivity contribution in [1.29, 1.82) is 0 Å². The van der Waals surface area contributed by atoms with Crippen LogP contribution < -0.4 is 4.74 Å². The van der Waals surface area contributed by atoms with Gasteiger partial charge < -0.3 is 9.47 Å². The van der Waals surface area contributed by atoms with E-state index in [0.29, 0.717) is 25.2 Å². The van der Waals surface area contributed by atoms with Gasteiger partial charge in [-0.2, -0.15) is 0 Å². The Kier molecular flexibility index (Phi) is 6.08. The van der Waals surface area contributed by atoms with E-state index in [2.05, 4.69) is 0 Å². The summed E-state index contributed by atoms with van der Waals surface area (Å²) in [6.45, 7) is 0.550. The molecule has 5 aliphatic carbocycles. The molecule has 4 bridgehead atoms. The Bertz CT molecular complexity index is 878. The Morgan fingerprint density at radius 2 is 1.69 bits per heavy atom. The van der Waals surface area contributed by atoms with Crippen molar-refractivity contribution in [3.8, 4) is 5.75 Å². The summed E-state index contributed by atoms with van der Waals surface area (Å²) in [4.78, 5) is 25.4. The van der Waals surface area contributed by atoms with Gasteiger partial charge in [-0.25, -0.2) is 4.39 Å². The Morgan fingerprint density at radius 1 is 1.06 bits per heavy atom. The number of ketones is 2. The topological polar surface area (TPSA) is 52.6 Å². The zero-order chi connectivity index (χ0) is 22.5. The number of carbonyl (C=O) groups is 2. The first-order valence-corrected chi connectivity index (χ1v) is 12.4. The summed E-state index contributed by atoms with van der Waals surface area (Å²) in [6.07, 6.45) is 9.69. The lowest BCUT2D eigenvalue weighted by atomic mass is 9.50. The van der Waals surface area contributed by atoms with Crippen LogP contribution in [-0.2, 0) is 9.53 Å². The largest absolute Gasteiger partial charge is 0.491 e. The minimum atomic E-state index is -0.621. The van der Waals surface area contributed by atoms with Crippen LogP contribution in [0.25, 0.3) is 0 Å². The number of carbonyl (C=O) groups excluding carboxylic acids is 2. The molecule has 32 heavy (non-hydrogen) atoms. The first kappa shape index (κ1) is 22.3. The molecular formula is C26H32ClFO4. The molecule has 5 saturated carbocycles. The quantitative estimate of drug-likeness (QED) is 0.452. The second kappa shape index (κ2) is 8.72. The fourth-order valence-electron chi connectivity index (χ4n) is 7.63. The number of methoxy groups -OCH3 is 1. The zero-order valence-electron chi connectivity index (χ0n) is 18.7.